The highest BCUT2D eigenvalue weighted by molar-refractivity contribution is 5.78. The maximum atomic E-state index is 11.7. The van der Waals surface area contributed by atoms with E-state index in [1.807, 2.05) is 45.0 Å². The second-order valence-corrected chi connectivity index (χ2v) is 6.96. The molecule has 0 saturated carbocycles. The summed E-state index contributed by atoms with van der Waals surface area (Å²) in [6.45, 7) is 10.6. The fourth-order valence-corrected chi connectivity index (χ4v) is 2.03. The van der Waals surface area contributed by atoms with Crippen molar-refractivity contribution in [1.29, 1.82) is 0 Å². The first-order valence-electron chi connectivity index (χ1n) is 8.38. The van der Waals surface area contributed by atoms with Gasteiger partial charge in [0.1, 0.15) is 5.75 Å². The van der Waals surface area contributed by atoms with Gasteiger partial charge in [0, 0.05) is 31.7 Å². The molecule has 0 fully saturated rings. The molecule has 0 heterocycles. The number of benzene rings is 1. The standard InChI is InChI=1S/C18H31N3O3/c1-14(22)11-19-9-10-20-12-15-5-7-16(8-6-15)24-13-17(23)21-18(2,3)4/h5-8,14,19-20,22H,9-13H2,1-4H3,(H,21,23)/t14-/m1/s1. The van der Waals surface area contributed by atoms with Crippen LogP contribution in [-0.2, 0) is 11.3 Å². The van der Waals surface area contributed by atoms with Crippen molar-refractivity contribution in [2.45, 2.75) is 45.9 Å². The third-order valence-corrected chi connectivity index (χ3v) is 3.06. The van der Waals surface area contributed by atoms with Gasteiger partial charge in [-0.3, -0.25) is 4.79 Å². The van der Waals surface area contributed by atoms with Crippen LogP contribution in [0.2, 0.25) is 0 Å². The number of carbonyl (C=O) groups excluding carboxylic acids is 1. The Morgan fingerprint density at radius 1 is 1.17 bits per heavy atom. The number of aliphatic hydroxyl groups is 1. The summed E-state index contributed by atoms with van der Waals surface area (Å²) in [5.74, 6) is 0.555. The third kappa shape index (κ3) is 10.2. The molecule has 1 rings (SSSR count). The Bertz CT molecular complexity index is 481. The summed E-state index contributed by atoms with van der Waals surface area (Å²) in [7, 11) is 0. The van der Waals surface area contributed by atoms with Crippen molar-refractivity contribution in [2.75, 3.05) is 26.2 Å². The molecule has 136 valence electrons. The van der Waals surface area contributed by atoms with E-state index in [9.17, 15) is 4.79 Å². The fourth-order valence-electron chi connectivity index (χ4n) is 2.03. The van der Waals surface area contributed by atoms with E-state index < -0.39 is 0 Å². The van der Waals surface area contributed by atoms with E-state index in [0.29, 0.717) is 12.3 Å². The second kappa shape index (κ2) is 10.3. The Balaban J connectivity index is 2.22. The summed E-state index contributed by atoms with van der Waals surface area (Å²) in [5.41, 5.74) is 0.900. The zero-order valence-electron chi connectivity index (χ0n) is 15.2. The molecular formula is C18H31N3O3. The zero-order valence-corrected chi connectivity index (χ0v) is 15.2. The first-order chi connectivity index (χ1) is 11.3. The average Bonchev–Trinajstić information content (AvgIpc) is 2.48. The van der Waals surface area contributed by atoms with Gasteiger partial charge in [0.05, 0.1) is 6.10 Å². The number of hydrogen-bond acceptors (Lipinski definition) is 5. The number of rotatable bonds is 10. The molecule has 24 heavy (non-hydrogen) atoms. The van der Waals surface area contributed by atoms with Gasteiger partial charge in [-0.1, -0.05) is 12.1 Å². The SMILES string of the molecule is C[C@@H](O)CNCCNCc1ccc(OCC(=O)NC(C)(C)C)cc1. The Kier molecular flexibility index (Phi) is 8.74. The van der Waals surface area contributed by atoms with Crippen LogP contribution in [0.15, 0.2) is 24.3 Å². The van der Waals surface area contributed by atoms with Crippen molar-refractivity contribution in [2.24, 2.45) is 0 Å². The Morgan fingerprint density at radius 3 is 2.38 bits per heavy atom. The van der Waals surface area contributed by atoms with Crippen molar-refractivity contribution in [3.8, 4) is 5.75 Å². The molecule has 0 aliphatic carbocycles. The zero-order chi connectivity index (χ0) is 18.0. The van der Waals surface area contributed by atoms with Gasteiger partial charge in [-0.2, -0.15) is 0 Å². The van der Waals surface area contributed by atoms with E-state index >= 15 is 0 Å². The lowest BCUT2D eigenvalue weighted by Gasteiger charge is -2.20. The van der Waals surface area contributed by atoms with E-state index in [1.54, 1.807) is 6.92 Å². The van der Waals surface area contributed by atoms with E-state index in [4.69, 9.17) is 9.84 Å². The molecular weight excluding hydrogens is 306 g/mol. The summed E-state index contributed by atoms with van der Waals surface area (Å²) in [6.07, 6.45) is -0.317. The summed E-state index contributed by atoms with van der Waals surface area (Å²) in [5, 5.41) is 18.5. The van der Waals surface area contributed by atoms with Crippen LogP contribution in [0.1, 0.15) is 33.3 Å². The molecule has 0 spiro atoms. The molecule has 1 atom stereocenters. The Hall–Kier alpha value is -1.63. The van der Waals surface area contributed by atoms with Gasteiger partial charge >= 0.3 is 0 Å². The van der Waals surface area contributed by atoms with Crippen molar-refractivity contribution in [3.05, 3.63) is 29.8 Å². The van der Waals surface area contributed by atoms with Crippen LogP contribution >= 0.6 is 0 Å². The average molecular weight is 337 g/mol. The second-order valence-electron chi connectivity index (χ2n) is 6.96. The van der Waals surface area contributed by atoms with Gasteiger partial charge in [0.2, 0.25) is 0 Å². The maximum Gasteiger partial charge on any atom is 0.258 e. The lowest BCUT2D eigenvalue weighted by Crippen LogP contribution is -2.43. The van der Waals surface area contributed by atoms with Crippen LogP contribution in [0.5, 0.6) is 5.75 Å². The highest BCUT2D eigenvalue weighted by Crippen LogP contribution is 2.12. The van der Waals surface area contributed by atoms with Crippen molar-refractivity contribution in [3.63, 3.8) is 0 Å². The summed E-state index contributed by atoms with van der Waals surface area (Å²) < 4.78 is 5.48. The predicted octanol–water partition coefficient (Wildman–Crippen LogP) is 1.04. The van der Waals surface area contributed by atoms with Crippen LogP contribution in [0, 0.1) is 0 Å². The van der Waals surface area contributed by atoms with Gasteiger partial charge in [-0.15, -0.1) is 0 Å². The molecule has 0 saturated heterocycles. The molecule has 1 aromatic carbocycles. The minimum absolute atomic E-state index is 0.0177. The van der Waals surface area contributed by atoms with Gasteiger partial charge in [-0.25, -0.2) is 0 Å². The molecule has 0 bridgehead atoms. The minimum atomic E-state index is -0.317. The Labute approximate surface area is 145 Å². The van der Waals surface area contributed by atoms with Gasteiger partial charge in [0.15, 0.2) is 6.61 Å². The summed E-state index contributed by atoms with van der Waals surface area (Å²) in [6, 6.07) is 7.70. The highest BCUT2D eigenvalue weighted by atomic mass is 16.5. The number of aliphatic hydroxyl groups excluding tert-OH is 1. The normalized spacial score (nSPS) is 12.7. The van der Waals surface area contributed by atoms with Gasteiger partial charge in [-0.05, 0) is 45.4 Å². The molecule has 0 aromatic heterocycles. The number of ether oxygens (including phenoxy) is 1. The summed E-state index contributed by atoms with van der Waals surface area (Å²) >= 11 is 0. The first-order valence-corrected chi connectivity index (χ1v) is 8.38. The number of carbonyl (C=O) groups is 1. The van der Waals surface area contributed by atoms with Crippen molar-refractivity contribution in [1.82, 2.24) is 16.0 Å². The number of amides is 1. The van der Waals surface area contributed by atoms with Crippen LogP contribution in [0.4, 0.5) is 0 Å². The molecule has 0 aliphatic rings. The molecule has 0 radical (unpaired) electrons. The molecule has 1 aromatic rings. The maximum absolute atomic E-state index is 11.7. The molecule has 4 N–H and O–H groups in total. The predicted molar refractivity (Wildman–Crippen MR) is 96.1 cm³/mol. The summed E-state index contributed by atoms with van der Waals surface area (Å²) in [4.78, 5) is 11.7. The highest BCUT2D eigenvalue weighted by Gasteiger charge is 2.13. The smallest absolute Gasteiger partial charge is 0.258 e. The Morgan fingerprint density at radius 2 is 1.79 bits per heavy atom. The molecule has 6 heteroatoms. The number of hydrogen-bond donors (Lipinski definition) is 4. The largest absolute Gasteiger partial charge is 0.484 e. The molecule has 1 amide bonds. The van der Waals surface area contributed by atoms with E-state index in [-0.39, 0.29) is 24.2 Å². The van der Waals surface area contributed by atoms with Crippen LogP contribution in [0.3, 0.4) is 0 Å². The van der Waals surface area contributed by atoms with Gasteiger partial charge < -0.3 is 25.8 Å². The van der Waals surface area contributed by atoms with Crippen LogP contribution < -0.4 is 20.7 Å². The van der Waals surface area contributed by atoms with Crippen LogP contribution in [-0.4, -0.2) is 48.9 Å². The lowest BCUT2D eigenvalue weighted by molar-refractivity contribution is -0.124. The van der Waals surface area contributed by atoms with E-state index in [1.165, 1.54) is 0 Å². The quantitative estimate of drug-likeness (QED) is 0.480. The first kappa shape index (κ1) is 20.4. The monoisotopic (exact) mass is 337 g/mol. The van der Waals surface area contributed by atoms with E-state index in [0.717, 1.165) is 25.2 Å². The van der Waals surface area contributed by atoms with E-state index in [2.05, 4.69) is 16.0 Å². The minimum Gasteiger partial charge on any atom is -0.484 e. The third-order valence-electron chi connectivity index (χ3n) is 3.06. The number of nitrogens with one attached hydrogen (secondary N) is 3. The van der Waals surface area contributed by atoms with Crippen molar-refractivity contribution >= 4 is 5.91 Å². The molecule has 0 unspecified atom stereocenters. The van der Waals surface area contributed by atoms with Gasteiger partial charge in [0.25, 0.3) is 5.91 Å². The van der Waals surface area contributed by atoms with Crippen molar-refractivity contribution < 1.29 is 14.6 Å². The lowest BCUT2D eigenvalue weighted by atomic mass is 10.1. The van der Waals surface area contributed by atoms with Crippen LogP contribution in [0.25, 0.3) is 0 Å². The fraction of sp³-hybridized carbons (Fsp3) is 0.611. The molecule has 0 aliphatic heterocycles. The topological polar surface area (TPSA) is 82.6 Å². The molecule has 6 nitrogen and oxygen atoms in total.